The summed E-state index contributed by atoms with van der Waals surface area (Å²) in [5.41, 5.74) is 4.64. The minimum absolute atomic E-state index is 0.110. The molecule has 1 saturated heterocycles. The van der Waals surface area contributed by atoms with Gasteiger partial charge in [-0.1, -0.05) is 6.07 Å². The summed E-state index contributed by atoms with van der Waals surface area (Å²) in [4.78, 5) is 42.7. The van der Waals surface area contributed by atoms with Crippen molar-refractivity contribution in [3.63, 3.8) is 0 Å². The van der Waals surface area contributed by atoms with Crippen molar-refractivity contribution in [3.8, 4) is 22.5 Å². The number of hydrogen-bond donors (Lipinski definition) is 2. The van der Waals surface area contributed by atoms with Crippen molar-refractivity contribution < 1.29 is 14.3 Å². The predicted octanol–water partition coefficient (Wildman–Crippen LogP) is 4.27. The minimum atomic E-state index is -0.452. The number of urea groups is 1. The Morgan fingerprint density at radius 2 is 1.65 bits per heavy atom. The second-order valence-electron chi connectivity index (χ2n) is 10.4. The molecule has 1 fully saturated rings. The number of aromatic nitrogens is 5. The van der Waals surface area contributed by atoms with Crippen LogP contribution in [0.5, 0.6) is 0 Å². The lowest BCUT2D eigenvalue weighted by atomic mass is 10.1. The highest BCUT2D eigenvalue weighted by Gasteiger charge is 2.19. The lowest BCUT2D eigenvalue weighted by molar-refractivity contribution is 0.0827. The molecule has 2 aromatic carbocycles. The van der Waals surface area contributed by atoms with Gasteiger partial charge in [-0.2, -0.15) is 5.10 Å². The van der Waals surface area contributed by atoms with Gasteiger partial charge in [0.15, 0.2) is 5.82 Å². The minimum Gasteiger partial charge on any atom is -0.378 e. The maximum atomic E-state index is 12.6. The van der Waals surface area contributed by atoms with Gasteiger partial charge in [0.25, 0.3) is 5.91 Å². The number of aryl methyl sites for hydroxylation is 1. The molecule has 0 spiro atoms. The molecule has 6 rings (SSSR count). The smallest absolute Gasteiger partial charge is 0.324 e. The molecular weight excluding hydrogens is 546 g/mol. The van der Waals surface area contributed by atoms with E-state index in [1.165, 1.54) is 4.90 Å². The molecule has 12 nitrogen and oxygen atoms in total. The lowest BCUT2D eigenvalue weighted by Gasteiger charge is -2.29. The molecule has 0 saturated carbocycles. The molecule has 0 atom stereocenters. The van der Waals surface area contributed by atoms with Gasteiger partial charge in [-0.3, -0.25) is 14.8 Å². The number of carbonyl (C=O) groups is 2. The first-order chi connectivity index (χ1) is 20.8. The molecule has 5 aromatic rings. The number of hydrogen-bond acceptors (Lipinski definition) is 8. The Morgan fingerprint density at radius 3 is 2.33 bits per heavy atom. The molecule has 0 unspecified atom stereocenters. The third-order valence-electron chi connectivity index (χ3n) is 7.08. The number of ether oxygens (including phenoxy) is 1. The van der Waals surface area contributed by atoms with Crippen LogP contribution in [0.25, 0.3) is 33.4 Å². The Bertz CT molecular complexity index is 1780. The fraction of sp³-hybridized carbons (Fsp3) is 0.226. The largest absolute Gasteiger partial charge is 0.378 e. The van der Waals surface area contributed by atoms with E-state index in [0.717, 1.165) is 46.5 Å². The van der Waals surface area contributed by atoms with Crippen LogP contribution < -0.4 is 15.5 Å². The first kappa shape index (κ1) is 27.8. The number of rotatable bonds is 6. The Kier molecular flexibility index (Phi) is 7.67. The summed E-state index contributed by atoms with van der Waals surface area (Å²) in [5.74, 6) is 1.64. The number of carbonyl (C=O) groups excluding carboxylic acids is 2. The second kappa shape index (κ2) is 11.9. The Labute approximate surface area is 248 Å². The highest BCUT2D eigenvalue weighted by Crippen LogP contribution is 2.31. The highest BCUT2D eigenvalue weighted by molar-refractivity contribution is 6.00. The van der Waals surface area contributed by atoms with E-state index in [9.17, 15) is 9.59 Å². The SMILES string of the molecule is CN(C)C(=O)c1ccc(NC(=O)Nc2ccc(-c3nc(N4CCOCC4)c4ccc(-c5cnn(C)c5)cc4n3)cn2)cc1. The molecule has 0 bridgehead atoms. The zero-order chi connectivity index (χ0) is 29.9. The maximum Gasteiger partial charge on any atom is 0.324 e. The lowest BCUT2D eigenvalue weighted by Crippen LogP contribution is -2.37. The van der Waals surface area contributed by atoms with Crippen LogP contribution in [0.15, 0.2) is 73.2 Å². The first-order valence-corrected chi connectivity index (χ1v) is 13.8. The molecule has 3 aromatic heterocycles. The van der Waals surface area contributed by atoms with Gasteiger partial charge in [-0.25, -0.2) is 19.7 Å². The Balaban J connectivity index is 1.23. The van der Waals surface area contributed by atoms with Crippen LogP contribution in [-0.4, -0.2) is 82.0 Å². The van der Waals surface area contributed by atoms with Gasteiger partial charge in [0.1, 0.15) is 11.6 Å². The molecule has 2 N–H and O–H groups in total. The number of nitrogens with one attached hydrogen (secondary N) is 2. The number of pyridine rings is 1. The number of amides is 3. The third kappa shape index (κ3) is 6.14. The second-order valence-corrected chi connectivity index (χ2v) is 10.4. The van der Waals surface area contributed by atoms with E-state index in [2.05, 4.69) is 43.8 Å². The van der Waals surface area contributed by atoms with Crippen LogP contribution in [0.2, 0.25) is 0 Å². The summed E-state index contributed by atoms with van der Waals surface area (Å²) >= 11 is 0. The number of benzene rings is 2. The molecule has 4 heterocycles. The average Bonchev–Trinajstić information content (AvgIpc) is 3.47. The van der Waals surface area contributed by atoms with Crippen molar-refractivity contribution in [1.29, 1.82) is 0 Å². The third-order valence-corrected chi connectivity index (χ3v) is 7.08. The van der Waals surface area contributed by atoms with Crippen molar-refractivity contribution in [2.45, 2.75) is 0 Å². The molecule has 1 aliphatic heterocycles. The van der Waals surface area contributed by atoms with Crippen LogP contribution in [-0.2, 0) is 11.8 Å². The molecule has 0 aliphatic carbocycles. The summed E-state index contributed by atoms with van der Waals surface area (Å²) in [6, 6.07) is 16.0. The van der Waals surface area contributed by atoms with Gasteiger partial charge in [-0.15, -0.1) is 0 Å². The van der Waals surface area contributed by atoms with Crippen molar-refractivity contribution in [1.82, 2.24) is 29.6 Å². The molecule has 1 aliphatic rings. The fourth-order valence-electron chi connectivity index (χ4n) is 4.84. The normalized spacial score (nSPS) is 13.1. The van der Waals surface area contributed by atoms with Crippen molar-refractivity contribution >= 4 is 40.2 Å². The van der Waals surface area contributed by atoms with Gasteiger partial charge in [0.05, 0.1) is 24.9 Å². The van der Waals surface area contributed by atoms with Crippen molar-refractivity contribution in [2.75, 3.05) is 55.9 Å². The number of anilines is 3. The van der Waals surface area contributed by atoms with Crippen LogP contribution >= 0.6 is 0 Å². The van der Waals surface area contributed by atoms with E-state index < -0.39 is 6.03 Å². The molecule has 0 radical (unpaired) electrons. The van der Waals surface area contributed by atoms with Crippen LogP contribution in [0.3, 0.4) is 0 Å². The van der Waals surface area contributed by atoms with E-state index in [4.69, 9.17) is 14.7 Å². The summed E-state index contributed by atoms with van der Waals surface area (Å²) in [7, 11) is 5.27. The molecular formula is C31H31N9O3. The summed E-state index contributed by atoms with van der Waals surface area (Å²) in [6.07, 6.45) is 5.45. The number of nitrogens with zero attached hydrogens (tertiary/aromatic N) is 7. The van der Waals surface area contributed by atoms with E-state index in [0.29, 0.717) is 36.1 Å². The van der Waals surface area contributed by atoms with Gasteiger partial charge < -0.3 is 19.9 Å². The summed E-state index contributed by atoms with van der Waals surface area (Å²) in [6.45, 7) is 2.75. The number of fused-ring (bicyclic) bond motifs is 1. The van der Waals surface area contributed by atoms with E-state index in [1.807, 2.05) is 25.5 Å². The standard InChI is InChI=1S/C31H31N9O3/c1-38(2)30(41)20-4-8-24(9-5-20)34-31(42)36-27-11-7-22(17-32-27)28-35-26-16-21(23-18-33-39(3)19-23)6-10-25(26)29(37-28)40-12-14-43-15-13-40/h4-11,16-19H,12-15H2,1-3H3,(H2,32,34,36,42). The fourth-order valence-corrected chi connectivity index (χ4v) is 4.84. The van der Waals surface area contributed by atoms with Gasteiger partial charge in [0.2, 0.25) is 0 Å². The zero-order valence-electron chi connectivity index (χ0n) is 24.1. The summed E-state index contributed by atoms with van der Waals surface area (Å²) in [5, 5.41) is 10.8. The topological polar surface area (TPSA) is 130 Å². The Hall–Kier alpha value is -5.36. The number of morpholine rings is 1. The zero-order valence-corrected chi connectivity index (χ0v) is 24.1. The van der Waals surface area contributed by atoms with Crippen LogP contribution in [0.1, 0.15) is 10.4 Å². The average molecular weight is 578 g/mol. The quantitative estimate of drug-likeness (QED) is 0.306. The maximum absolute atomic E-state index is 12.6. The van der Waals surface area contributed by atoms with Gasteiger partial charge in [-0.05, 0) is 54.1 Å². The van der Waals surface area contributed by atoms with Crippen LogP contribution in [0.4, 0.5) is 22.1 Å². The highest BCUT2D eigenvalue weighted by atomic mass is 16.5. The monoisotopic (exact) mass is 577 g/mol. The molecule has 3 amide bonds. The van der Waals surface area contributed by atoms with E-state index >= 15 is 0 Å². The molecule has 12 heteroatoms. The van der Waals surface area contributed by atoms with Gasteiger partial charge >= 0.3 is 6.03 Å². The van der Waals surface area contributed by atoms with E-state index in [1.54, 1.807) is 55.3 Å². The Morgan fingerprint density at radius 1 is 0.884 bits per heavy atom. The van der Waals surface area contributed by atoms with Crippen LogP contribution in [0, 0.1) is 0 Å². The molecule has 43 heavy (non-hydrogen) atoms. The predicted molar refractivity (Wildman–Crippen MR) is 165 cm³/mol. The van der Waals surface area contributed by atoms with E-state index in [-0.39, 0.29) is 5.91 Å². The molecule has 218 valence electrons. The van der Waals surface area contributed by atoms with Crippen molar-refractivity contribution in [2.24, 2.45) is 7.05 Å². The van der Waals surface area contributed by atoms with Crippen molar-refractivity contribution in [3.05, 3.63) is 78.8 Å². The summed E-state index contributed by atoms with van der Waals surface area (Å²) < 4.78 is 7.35. The van der Waals surface area contributed by atoms with Gasteiger partial charge in [0, 0.05) is 74.4 Å². The first-order valence-electron chi connectivity index (χ1n) is 13.8.